The maximum atomic E-state index is 13.8. The SMILES string of the molecule is Nc1cc(Br)cc2nc(-c3ccc(Cl)cc3F)oc12. The van der Waals surface area contributed by atoms with Gasteiger partial charge in [0.25, 0.3) is 0 Å². The van der Waals surface area contributed by atoms with Crippen LogP contribution in [0.1, 0.15) is 0 Å². The van der Waals surface area contributed by atoms with Crippen LogP contribution in [0.2, 0.25) is 5.02 Å². The number of fused-ring (bicyclic) bond motifs is 1. The van der Waals surface area contributed by atoms with Crippen molar-refractivity contribution in [1.29, 1.82) is 0 Å². The van der Waals surface area contributed by atoms with E-state index in [1.165, 1.54) is 12.1 Å². The van der Waals surface area contributed by atoms with Gasteiger partial charge in [-0.2, -0.15) is 0 Å². The molecule has 0 unspecified atom stereocenters. The third-order valence-corrected chi connectivity index (χ3v) is 3.34. The highest BCUT2D eigenvalue weighted by Gasteiger charge is 2.15. The van der Waals surface area contributed by atoms with Gasteiger partial charge in [0.2, 0.25) is 5.89 Å². The summed E-state index contributed by atoms with van der Waals surface area (Å²) in [6, 6.07) is 7.77. The first-order chi connectivity index (χ1) is 9.04. The van der Waals surface area contributed by atoms with Crippen LogP contribution < -0.4 is 5.73 Å². The molecular formula is C13H7BrClFN2O. The van der Waals surface area contributed by atoms with Gasteiger partial charge in [0, 0.05) is 9.50 Å². The van der Waals surface area contributed by atoms with Gasteiger partial charge >= 0.3 is 0 Å². The zero-order valence-electron chi connectivity index (χ0n) is 9.45. The molecule has 0 radical (unpaired) electrons. The number of oxazole rings is 1. The van der Waals surface area contributed by atoms with E-state index in [-0.39, 0.29) is 11.5 Å². The summed E-state index contributed by atoms with van der Waals surface area (Å²) in [6.07, 6.45) is 0. The highest BCUT2D eigenvalue weighted by Crippen LogP contribution is 2.32. The largest absolute Gasteiger partial charge is 0.434 e. The molecule has 0 aliphatic rings. The predicted molar refractivity (Wildman–Crippen MR) is 76.5 cm³/mol. The Hall–Kier alpha value is -1.59. The fraction of sp³-hybridized carbons (Fsp3) is 0. The number of hydrogen-bond acceptors (Lipinski definition) is 3. The number of hydrogen-bond donors (Lipinski definition) is 1. The zero-order chi connectivity index (χ0) is 13.6. The summed E-state index contributed by atoms with van der Waals surface area (Å²) in [5.74, 6) is -0.314. The van der Waals surface area contributed by atoms with Crippen molar-refractivity contribution in [2.24, 2.45) is 0 Å². The topological polar surface area (TPSA) is 52.0 Å². The Balaban J connectivity index is 2.23. The standard InChI is InChI=1S/C13H7BrClFN2O/c14-6-3-10(17)12-11(4-6)18-13(19-12)8-2-1-7(15)5-9(8)16/h1-5H,17H2. The second-order valence-electron chi connectivity index (χ2n) is 3.99. The van der Waals surface area contributed by atoms with Crippen LogP contribution in [-0.2, 0) is 0 Å². The summed E-state index contributed by atoms with van der Waals surface area (Å²) in [5.41, 5.74) is 7.52. The number of nitrogen functional groups attached to an aromatic ring is 1. The van der Waals surface area contributed by atoms with Crippen molar-refractivity contribution in [2.75, 3.05) is 5.73 Å². The average Bonchev–Trinajstić information content (AvgIpc) is 2.72. The van der Waals surface area contributed by atoms with Gasteiger partial charge in [0.1, 0.15) is 11.3 Å². The Labute approximate surface area is 121 Å². The van der Waals surface area contributed by atoms with Crippen molar-refractivity contribution in [3.05, 3.63) is 45.6 Å². The number of benzene rings is 2. The Kier molecular flexibility index (Phi) is 2.95. The van der Waals surface area contributed by atoms with Crippen LogP contribution in [0.15, 0.2) is 39.2 Å². The second kappa shape index (κ2) is 4.51. The molecule has 19 heavy (non-hydrogen) atoms. The molecule has 0 aliphatic heterocycles. The smallest absolute Gasteiger partial charge is 0.230 e. The van der Waals surface area contributed by atoms with Crippen LogP contribution in [0.4, 0.5) is 10.1 Å². The molecule has 0 bridgehead atoms. The van der Waals surface area contributed by atoms with E-state index in [4.69, 9.17) is 21.8 Å². The molecule has 0 aliphatic carbocycles. The molecule has 3 nitrogen and oxygen atoms in total. The molecule has 1 aromatic heterocycles. The summed E-state index contributed by atoms with van der Waals surface area (Å²) in [5, 5.41) is 0.319. The highest BCUT2D eigenvalue weighted by atomic mass is 79.9. The lowest BCUT2D eigenvalue weighted by atomic mass is 10.2. The average molecular weight is 342 g/mol. The normalized spacial score (nSPS) is 11.1. The Bertz CT molecular complexity index is 788. The molecule has 0 saturated carbocycles. The molecule has 0 fully saturated rings. The van der Waals surface area contributed by atoms with Crippen LogP contribution in [0.3, 0.4) is 0 Å². The maximum Gasteiger partial charge on any atom is 0.230 e. The highest BCUT2D eigenvalue weighted by molar-refractivity contribution is 9.10. The fourth-order valence-electron chi connectivity index (χ4n) is 1.80. The molecule has 0 spiro atoms. The van der Waals surface area contributed by atoms with Gasteiger partial charge in [-0.1, -0.05) is 27.5 Å². The van der Waals surface area contributed by atoms with Crippen molar-refractivity contribution < 1.29 is 8.81 Å². The number of nitrogens with two attached hydrogens (primary N) is 1. The van der Waals surface area contributed by atoms with Crippen molar-refractivity contribution in [1.82, 2.24) is 4.98 Å². The predicted octanol–water partition coefficient (Wildman–Crippen LogP) is 4.63. The van der Waals surface area contributed by atoms with Crippen molar-refractivity contribution in [2.45, 2.75) is 0 Å². The summed E-state index contributed by atoms with van der Waals surface area (Å²) in [4.78, 5) is 4.24. The van der Waals surface area contributed by atoms with Gasteiger partial charge < -0.3 is 10.2 Å². The first kappa shape index (κ1) is 12.4. The number of nitrogens with zero attached hydrogens (tertiary/aromatic N) is 1. The van der Waals surface area contributed by atoms with Gasteiger partial charge in [-0.25, -0.2) is 9.37 Å². The number of anilines is 1. The second-order valence-corrected chi connectivity index (χ2v) is 5.34. The summed E-state index contributed by atoms with van der Waals surface area (Å²) >= 11 is 9.03. The Morgan fingerprint density at radius 3 is 2.79 bits per heavy atom. The van der Waals surface area contributed by atoms with Crippen LogP contribution in [-0.4, -0.2) is 4.98 Å². The van der Waals surface area contributed by atoms with Crippen molar-refractivity contribution in [3.8, 4) is 11.5 Å². The molecule has 96 valence electrons. The molecule has 3 aromatic rings. The minimum absolute atomic E-state index is 0.175. The lowest BCUT2D eigenvalue weighted by Gasteiger charge is -1.98. The van der Waals surface area contributed by atoms with Crippen molar-refractivity contribution >= 4 is 44.3 Å². The van der Waals surface area contributed by atoms with E-state index in [9.17, 15) is 4.39 Å². The Morgan fingerprint density at radius 1 is 1.26 bits per heavy atom. The monoisotopic (exact) mass is 340 g/mol. The van der Waals surface area contributed by atoms with Gasteiger partial charge in [0.15, 0.2) is 5.58 Å². The molecule has 0 amide bonds. The molecule has 6 heteroatoms. The molecule has 2 aromatic carbocycles. The van der Waals surface area contributed by atoms with Crippen LogP contribution in [0, 0.1) is 5.82 Å². The van der Waals surface area contributed by atoms with Gasteiger partial charge in [-0.05, 0) is 30.3 Å². The summed E-state index contributed by atoms with van der Waals surface area (Å²) in [6.45, 7) is 0. The van der Waals surface area contributed by atoms with E-state index >= 15 is 0 Å². The summed E-state index contributed by atoms with van der Waals surface area (Å²) in [7, 11) is 0. The first-order valence-corrected chi connectivity index (χ1v) is 6.52. The van der Waals surface area contributed by atoms with E-state index in [1.54, 1.807) is 18.2 Å². The van der Waals surface area contributed by atoms with E-state index in [0.717, 1.165) is 4.47 Å². The van der Waals surface area contributed by atoms with Gasteiger partial charge in [-0.3, -0.25) is 0 Å². The number of halogens is 3. The van der Waals surface area contributed by atoms with Gasteiger partial charge in [0.05, 0.1) is 11.3 Å². The minimum atomic E-state index is -0.489. The number of aromatic nitrogens is 1. The van der Waals surface area contributed by atoms with Crippen LogP contribution >= 0.6 is 27.5 Å². The number of rotatable bonds is 1. The molecule has 2 N–H and O–H groups in total. The molecule has 1 heterocycles. The quantitative estimate of drug-likeness (QED) is 0.656. The first-order valence-electron chi connectivity index (χ1n) is 5.35. The third kappa shape index (κ3) is 2.19. The lowest BCUT2D eigenvalue weighted by Crippen LogP contribution is -1.84. The maximum absolute atomic E-state index is 13.8. The van der Waals surface area contributed by atoms with E-state index in [2.05, 4.69) is 20.9 Å². The van der Waals surface area contributed by atoms with E-state index in [1.807, 2.05) is 0 Å². The Morgan fingerprint density at radius 2 is 2.05 bits per heavy atom. The molecule has 3 rings (SSSR count). The van der Waals surface area contributed by atoms with E-state index in [0.29, 0.717) is 21.8 Å². The third-order valence-electron chi connectivity index (χ3n) is 2.65. The minimum Gasteiger partial charge on any atom is -0.434 e. The zero-order valence-corrected chi connectivity index (χ0v) is 11.8. The molecular weight excluding hydrogens is 335 g/mol. The molecule has 0 atom stereocenters. The molecule has 0 saturated heterocycles. The fourth-order valence-corrected chi connectivity index (χ4v) is 2.42. The van der Waals surface area contributed by atoms with Crippen molar-refractivity contribution in [3.63, 3.8) is 0 Å². The lowest BCUT2D eigenvalue weighted by molar-refractivity contribution is 0.594. The van der Waals surface area contributed by atoms with Crippen LogP contribution in [0.5, 0.6) is 0 Å². The van der Waals surface area contributed by atoms with Gasteiger partial charge in [-0.15, -0.1) is 0 Å². The van der Waals surface area contributed by atoms with Crippen LogP contribution in [0.25, 0.3) is 22.6 Å². The summed E-state index contributed by atoms with van der Waals surface area (Å²) < 4.78 is 20.1. The van der Waals surface area contributed by atoms with E-state index < -0.39 is 5.82 Å².